The smallest absolute Gasteiger partial charge is 0.168 e. The molecule has 2 aliphatic carbocycles. The molecule has 0 aromatic heterocycles. The third kappa shape index (κ3) is 2.70. The van der Waals surface area contributed by atoms with E-state index in [0.29, 0.717) is 18.4 Å². The van der Waals surface area contributed by atoms with Crippen LogP contribution in [0.15, 0.2) is 40.6 Å². The van der Waals surface area contributed by atoms with Gasteiger partial charge in [0.25, 0.3) is 0 Å². The van der Waals surface area contributed by atoms with Gasteiger partial charge in [-0.05, 0) is 31.2 Å². The van der Waals surface area contributed by atoms with Crippen LogP contribution in [0.25, 0.3) is 0 Å². The number of rotatable bonds is 1. The van der Waals surface area contributed by atoms with Crippen molar-refractivity contribution < 1.29 is 9.90 Å². The molecule has 0 saturated heterocycles. The molecule has 3 heteroatoms. The number of carbonyl (C=O) groups excluding carboxylic acids is 1. The summed E-state index contributed by atoms with van der Waals surface area (Å²) < 4.78 is 0. The molecule has 1 fully saturated rings. The van der Waals surface area contributed by atoms with E-state index in [1.165, 1.54) is 31.2 Å². The first-order valence-corrected chi connectivity index (χ1v) is 9.32. The average Bonchev–Trinajstić information content (AvgIpc) is 2.80. The predicted molar refractivity (Wildman–Crippen MR) is 95.6 cm³/mol. The monoisotopic (exact) mass is 323 g/mol. The van der Waals surface area contributed by atoms with Crippen molar-refractivity contribution in [2.24, 2.45) is 4.99 Å². The fraction of sp³-hybridized carbons (Fsp3) is 0.524. The highest BCUT2D eigenvalue weighted by molar-refractivity contribution is 6.30. The van der Waals surface area contributed by atoms with Crippen molar-refractivity contribution in [2.45, 2.75) is 69.7 Å². The Morgan fingerprint density at radius 3 is 2.46 bits per heavy atom. The molecule has 1 saturated carbocycles. The van der Waals surface area contributed by atoms with Gasteiger partial charge in [-0.3, -0.25) is 9.79 Å². The van der Waals surface area contributed by atoms with Crippen LogP contribution < -0.4 is 0 Å². The highest BCUT2D eigenvalue weighted by Gasteiger charge is 2.38. The maximum absolute atomic E-state index is 12.6. The third-order valence-electron chi connectivity index (χ3n) is 5.80. The second-order valence-electron chi connectivity index (χ2n) is 7.53. The van der Waals surface area contributed by atoms with Crippen molar-refractivity contribution in [1.82, 2.24) is 0 Å². The zero-order chi connectivity index (χ0) is 16.6. The minimum atomic E-state index is -0.0782. The zero-order valence-corrected chi connectivity index (χ0v) is 14.2. The number of fused-ring (bicyclic) bond motifs is 1. The van der Waals surface area contributed by atoms with Gasteiger partial charge in [0.2, 0.25) is 0 Å². The van der Waals surface area contributed by atoms with E-state index in [2.05, 4.69) is 18.2 Å². The van der Waals surface area contributed by atoms with Crippen molar-refractivity contribution >= 4 is 11.5 Å². The van der Waals surface area contributed by atoms with Gasteiger partial charge in [-0.15, -0.1) is 0 Å². The first-order valence-electron chi connectivity index (χ1n) is 9.32. The summed E-state index contributed by atoms with van der Waals surface area (Å²) in [4.78, 5) is 17.7. The summed E-state index contributed by atoms with van der Waals surface area (Å²) in [5.74, 6) is 0.295. The normalized spacial score (nSPS) is 23.7. The summed E-state index contributed by atoms with van der Waals surface area (Å²) in [6.07, 6.45) is 9.98. The Balaban J connectivity index is 1.87. The minimum Gasteiger partial charge on any atom is -0.511 e. The van der Waals surface area contributed by atoms with Gasteiger partial charge in [-0.25, -0.2) is 0 Å². The van der Waals surface area contributed by atoms with Gasteiger partial charge in [0.05, 0.1) is 16.8 Å². The van der Waals surface area contributed by atoms with E-state index < -0.39 is 0 Å². The topological polar surface area (TPSA) is 49.7 Å². The second-order valence-corrected chi connectivity index (χ2v) is 7.53. The molecule has 1 spiro atoms. The SMILES string of the molecule is O=C1CCCC(O)=C1C1=NC2(CCCCCC2)Cc2ccccc21. The molecule has 1 N–H and O–H groups in total. The van der Waals surface area contributed by atoms with Crippen LogP contribution in [-0.2, 0) is 11.2 Å². The average molecular weight is 323 g/mol. The fourth-order valence-electron chi connectivity index (χ4n) is 4.56. The Kier molecular flexibility index (Phi) is 4.03. The molecule has 3 aliphatic rings. The number of aliphatic hydroxyl groups is 1. The van der Waals surface area contributed by atoms with Gasteiger partial charge in [0.15, 0.2) is 5.78 Å². The first-order chi connectivity index (χ1) is 11.7. The number of ketones is 1. The Bertz CT molecular complexity index is 721. The van der Waals surface area contributed by atoms with E-state index in [9.17, 15) is 9.90 Å². The van der Waals surface area contributed by atoms with Crippen LogP contribution in [0.1, 0.15) is 68.9 Å². The van der Waals surface area contributed by atoms with Gasteiger partial charge >= 0.3 is 0 Å². The van der Waals surface area contributed by atoms with Crippen LogP contribution in [0.4, 0.5) is 0 Å². The van der Waals surface area contributed by atoms with Crippen LogP contribution in [0.2, 0.25) is 0 Å². The van der Waals surface area contributed by atoms with E-state index in [1.807, 2.05) is 6.07 Å². The predicted octanol–water partition coefficient (Wildman–Crippen LogP) is 4.69. The molecule has 0 bridgehead atoms. The fourth-order valence-corrected chi connectivity index (χ4v) is 4.56. The standard InChI is InChI=1S/C21H25NO2/c23-17-10-7-11-18(24)19(17)20-16-9-4-3-8-15(16)14-21(22-20)12-5-1-2-6-13-21/h3-4,8-9,23H,1-2,5-7,10-14H2. The molecular formula is C21H25NO2. The Morgan fingerprint density at radius 1 is 0.958 bits per heavy atom. The molecule has 4 rings (SSSR count). The number of Topliss-reactive ketones (excluding diaryl/α,β-unsaturated/α-hetero) is 1. The number of allylic oxidation sites excluding steroid dienone is 2. The van der Waals surface area contributed by atoms with Crippen LogP contribution >= 0.6 is 0 Å². The Hall–Kier alpha value is -1.90. The van der Waals surface area contributed by atoms with Crippen molar-refractivity contribution in [1.29, 1.82) is 0 Å². The molecule has 3 nitrogen and oxygen atoms in total. The lowest BCUT2D eigenvalue weighted by molar-refractivity contribution is -0.115. The molecule has 1 heterocycles. The number of carbonyl (C=O) groups is 1. The van der Waals surface area contributed by atoms with Crippen LogP contribution in [0, 0.1) is 0 Å². The van der Waals surface area contributed by atoms with Gasteiger partial charge in [-0.2, -0.15) is 0 Å². The van der Waals surface area contributed by atoms with Crippen LogP contribution in [0.5, 0.6) is 0 Å². The van der Waals surface area contributed by atoms with Crippen LogP contribution in [-0.4, -0.2) is 22.1 Å². The lowest BCUT2D eigenvalue weighted by atomic mass is 9.77. The zero-order valence-electron chi connectivity index (χ0n) is 14.2. The third-order valence-corrected chi connectivity index (χ3v) is 5.80. The molecule has 24 heavy (non-hydrogen) atoms. The Labute approximate surface area is 143 Å². The summed E-state index contributed by atoms with van der Waals surface area (Å²) in [7, 11) is 0. The summed E-state index contributed by atoms with van der Waals surface area (Å²) in [5.41, 5.74) is 3.51. The second kappa shape index (κ2) is 6.19. The van der Waals surface area contributed by atoms with Gasteiger partial charge in [0, 0.05) is 18.4 Å². The molecule has 0 radical (unpaired) electrons. The molecule has 1 aromatic rings. The lowest BCUT2D eigenvalue weighted by Crippen LogP contribution is -2.37. The number of nitrogens with zero attached hydrogens (tertiary/aromatic N) is 1. The molecule has 1 aromatic carbocycles. The van der Waals surface area contributed by atoms with E-state index in [-0.39, 0.29) is 17.1 Å². The lowest BCUT2D eigenvalue weighted by Gasteiger charge is -2.36. The summed E-state index contributed by atoms with van der Waals surface area (Å²) in [6, 6.07) is 8.30. The van der Waals surface area contributed by atoms with Crippen molar-refractivity contribution in [3.8, 4) is 0 Å². The maximum atomic E-state index is 12.6. The highest BCUT2D eigenvalue weighted by Crippen LogP contribution is 2.40. The van der Waals surface area contributed by atoms with E-state index in [1.54, 1.807) is 0 Å². The van der Waals surface area contributed by atoms with Crippen molar-refractivity contribution in [3.63, 3.8) is 0 Å². The largest absolute Gasteiger partial charge is 0.511 e. The summed E-state index contributed by atoms with van der Waals surface area (Å²) >= 11 is 0. The van der Waals surface area contributed by atoms with Crippen LogP contribution in [0.3, 0.4) is 0 Å². The first kappa shape index (κ1) is 15.6. The summed E-state index contributed by atoms with van der Waals surface area (Å²) in [6.45, 7) is 0. The maximum Gasteiger partial charge on any atom is 0.168 e. The number of benzene rings is 1. The van der Waals surface area contributed by atoms with Gasteiger partial charge < -0.3 is 5.11 Å². The quantitative estimate of drug-likeness (QED) is 0.815. The minimum absolute atomic E-state index is 0.0537. The van der Waals surface area contributed by atoms with Gasteiger partial charge in [0.1, 0.15) is 5.76 Å². The van der Waals surface area contributed by atoms with Crippen molar-refractivity contribution in [3.05, 3.63) is 46.7 Å². The molecule has 0 amide bonds. The van der Waals surface area contributed by atoms with Gasteiger partial charge in [-0.1, -0.05) is 49.9 Å². The van der Waals surface area contributed by atoms with Crippen molar-refractivity contribution in [2.75, 3.05) is 0 Å². The number of hydrogen-bond acceptors (Lipinski definition) is 3. The molecule has 126 valence electrons. The number of hydrogen-bond donors (Lipinski definition) is 1. The number of aliphatic imine (C=N–C) groups is 1. The van der Waals surface area contributed by atoms with E-state index >= 15 is 0 Å². The van der Waals surface area contributed by atoms with E-state index in [0.717, 1.165) is 37.0 Å². The van der Waals surface area contributed by atoms with E-state index in [4.69, 9.17) is 4.99 Å². The molecule has 0 atom stereocenters. The molecule has 0 unspecified atom stereocenters. The molecular weight excluding hydrogens is 298 g/mol. The summed E-state index contributed by atoms with van der Waals surface area (Å²) in [5, 5.41) is 10.4. The number of aliphatic hydroxyl groups excluding tert-OH is 1. The Morgan fingerprint density at radius 2 is 1.71 bits per heavy atom. The molecule has 1 aliphatic heterocycles. The highest BCUT2D eigenvalue weighted by atomic mass is 16.3.